The van der Waals surface area contributed by atoms with Crippen molar-refractivity contribution in [3.05, 3.63) is 12.7 Å². The zero-order valence-electron chi connectivity index (χ0n) is 6.17. The number of rotatable bonds is 4. The second-order valence-electron chi connectivity index (χ2n) is 2.99. The summed E-state index contributed by atoms with van der Waals surface area (Å²) in [6, 6.07) is 0. The van der Waals surface area contributed by atoms with Crippen LogP contribution in [0.4, 0.5) is 0 Å². The molecule has 0 bridgehead atoms. The van der Waals surface area contributed by atoms with E-state index in [0.717, 1.165) is 12.8 Å². The van der Waals surface area contributed by atoms with Crippen LogP contribution in [0.1, 0.15) is 19.8 Å². The molecule has 1 atom stereocenters. The second kappa shape index (κ2) is 1.83. The fourth-order valence-electron chi connectivity index (χ4n) is 1.26. The van der Waals surface area contributed by atoms with Crippen molar-refractivity contribution >= 4 is 0 Å². The average Bonchev–Trinajstić information content (AvgIpc) is 2.70. The fourth-order valence-corrected chi connectivity index (χ4v) is 1.26. The minimum Gasteiger partial charge on any atom is -0.310 e. The van der Waals surface area contributed by atoms with E-state index in [0.29, 0.717) is 5.92 Å². The molecule has 0 aromatic carbocycles. The van der Waals surface area contributed by atoms with Crippen LogP contribution in [0.25, 0.3) is 0 Å². The van der Waals surface area contributed by atoms with E-state index in [-0.39, 0.29) is 12.1 Å². The molecule has 1 unspecified atom stereocenters. The van der Waals surface area contributed by atoms with Crippen LogP contribution in [0.2, 0.25) is 0 Å². The van der Waals surface area contributed by atoms with Gasteiger partial charge in [-0.2, -0.15) is 0 Å². The van der Waals surface area contributed by atoms with Gasteiger partial charge in [0, 0.05) is 6.42 Å². The first kappa shape index (κ1) is 6.38. The maximum Gasteiger partial charge on any atom is 0.226 e. The number of allylic oxidation sites excluding steroid dienone is 1. The zero-order chi connectivity index (χ0) is 7.19. The van der Waals surface area contributed by atoms with E-state index < -0.39 is 0 Å². The molecular formula is C8H12O2. The Balaban J connectivity index is 1.82. The monoisotopic (exact) mass is 140 g/mol. The SMILES string of the molecule is C=CC(CC)CC12OC1O2. The lowest BCUT2D eigenvalue weighted by atomic mass is 10.0. The van der Waals surface area contributed by atoms with Gasteiger partial charge in [-0.05, 0) is 12.3 Å². The molecule has 2 fully saturated rings. The summed E-state index contributed by atoms with van der Waals surface area (Å²) in [5, 5.41) is 0. The summed E-state index contributed by atoms with van der Waals surface area (Å²) in [5.74, 6) is 0.432. The fraction of sp³-hybridized carbons (Fsp3) is 0.750. The van der Waals surface area contributed by atoms with Gasteiger partial charge in [0.2, 0.25) is 12.1 Å². The number of epoxide rings is 2. The summed E-state index contributed by atoms with van der Waals surface area (Å²) in [5.41, 5.74) is 0. The molecule has 2 rings (SSSR count). The van der Waals surface area contributed by atoms with Crippen LogP contribution in [-0.2, 0) is 9.47 Å². The highest BCUT2D eigenvalue weighted by molar-refractivity contribution is 5.05. The van der Waals surface area contributed by atoms with Crippen molar-refractivity contribution in [3.63, 3.8) is 0 Å². The smallest absolute Gasteiger partial charge is 0.226 e. The molecule has 56 valence electrons. The maximum absolute atomic E-state index is 5.16. The Morgan fingerprint density at radius 1 is 1.70 bits per heavy atom. The van der Waals surface area contributed by atoms with Gasteiger partial charge in [0.25, 0.3) is 0 Å². The van der Waals surface area contributed by atoms with Crippen molar-refractivity contribution in [2.24, 2.45) is 5.92 Å². The lowest BCUT2D eigenvalue weighted by Crippen LogP contribution is -2.06. The molecule has 2 heterocycles. The number of fused-ring (bicyclic) bond motifs is 1. The summed E-state index contributed by atoms with van der Waals surface area (Å²) >= 11 is 0. The Morgan fingerprint density at radius 3 is 2.60 bits per heavy atom. The van der Waals surface area contributed by atoms with Crippen molar-refractivity contribution < 1.29 is 9.47 Å². The topological polar surface area (TPSA) is 25.1 Å². The van der Waals surface area contributed by atoms with Crippen LogP contribution in [-0.4, -0.2) is 12.1 Å². The lowest BCUT2D eigenvalue weighted by Gasteiger charge is -2.07. The van der Waals surface area contributed by atoms with E-state index in [1.54, 1.807) is 0 Å². The van der Waals surface area contributed by atoms with Crippen molar-refractivity contribution in [1.29, 1.82) is 0 Å². The van der Waals surface area contributed by atoms with E-state index in [2.05, 4.69) is 13.5 Å². The minimum atomic E-state index is -0.130. The standard InChI is InChI=1S/C8H12O2/c1-3-6(4-2)5-8-7(9-8)10-8/h3,6-7H,1,4-5H2,2H3. The molecule has 0 amide bonds. The Morgan fingerprint density at radius 2 is 2.30 bits per heavy atom. The first-order valence-electron chi connectivity index (χ1n) is 3.79. The van der Waals surface area contributed by atoms with E-state index >= 15 is 0 Å². The first-order valence-corrected chi connectivity index (χ1v) is 3.79. The van der Waals surface area contributed by atoms with E-state index in [4.69, 9.17) is 9.47 Å². The van der Waals surface area contributed by atoms with E-state index in [1.165, 1.54) is 0 Å². The van der Waals surface area contributed by atoms with Gasteiger partial charge in [0.05, 0.1) is 0 Å². The third-order valence-corrected chi connectivity index (χ3v) is 2.26. The quantitative estimate of drug-likeness (QED) is 0.438. The molecule has 0 aromatic rings. The van der Waals surface area contributed by atoms with Crippen molar-refractivity contribution in [2.45, 2.75) is 31.8 Å². The highest BCUT2D eigenvalue weighted by Crippen LogP contribution is 2.59. The van der Waals surface area contributed by atoms with Gasteiger partial charge in [0.15, 0.2) is 0 Å². The van der Waals surface area contributed by atoms with Crippen molar-refractivity contribution in [1.82, 2.24) is 0 Å². The van der Waals surface area contributed by atoms with E-state index in [1.807, 2.05) is 6.08 Å². The van der Waals surface area contributed by atoms with Gasteiger partial charge in [-0.3, -0.25) is 0 Å². The molecule has 10 heavy (non-hydrogen) atoms. The molecule has 2 aliphatic heterocycles. The van der Waals surface area contributed by atoms with Crippen LogP contribution >= 0.6 is 0 Å². The first-order chi connectivity index (χ1) is 4.80. The van der Waals surface area contributed by atoms with Gasteiger partial charge in [0.1, 0.15) is 0 Å². The Bertz CT molecular complexity index is 159. The van der Waals surface area contributed by atoms with E-state index in [9.17, 15) is 0 Å². The third-order valence-electron chi connectivity index (χ3n) is 2.26. The third kappa shape index (κ3) is 0.796. The van der Waals surface area contributed by atoms with Crippen LogP contribution < -0.4 is 0 Å². The predicted octanol–water partition coefficient (Wildman–Crippen LogP) is 1.67. The Labute approximate surface area is 60.8 Å². The molecule has 0 saturated carbocycles. The lowest BCUT2D eigenvalue weighted by molar-refractivity contribution is -0.0578. The summed E-state index contributed by atoms with van der Waals surface area (Å²) in [6.45, 7) is 5.91. The molecule has 2 nitrogen and oxygen atoms in total. The Hall–Kier alpha value is -0.340. The number of hydrogen-bond donors (Lipinski definition) is 0. The Kier molecular flexibility index (Phi) is 1.17. The normalized spacial score (nSPS) is 43.9. The van der Waals surface area contributed by atoms with Gasteiger partial charge < -0.3 is 9.47 Å². The van der Waals surface area contributed by atoms with Crippen LogP contribution in [0.15, 0.2) is 12.7 Å². The van der Waals surface area contributed by atoms with Gasteiger partial charge in [-0.25, -0.2) is 0 Å². The minimum absolute atomic E-state index is 0.130. The summed E-state index contributed by atoms with van der Waals surface area (Å²) in [7, 11) is 0. The van der Waals surface area contributed by atoms with Crippen LogP contribution in [0, 0.1) is 5.92 Å². The molecule has 0 radical (unpaired) electrons. The van der Waals surface area contributed by atoms with Gasteiger partial charge in [-0.15, -0.1) is 6.58 Å². The van der Waals surface area contributed by atoms with Crippen LogP contribution in [0.5, 0.6) is 0 Å². The average molecular weight is 140 g/mol. The molecule has 2 heteroatoms. The van der Waals surface area contributed by atoms with Crippen molar-refractivity contribution in [2.75, 3.05) is 0 Å². The molecule has 0 spiro atoms. The summed E-state index contributed by atoms with van der Waals surface area (Å²) in [6.07, 6.45) is 4.26. The number of ether oxygens (including phenoxy) is 2. The molecule has 0 aliphatic carbocycles. The highest BCUT2D eigenvalue weighted by atomic mass is 17.0. The van der Waals surface area contributed by atoms with Gasteiger partial charge >= 0.3 is 0 Å². The van der Waals surface area contributed by atoms with Gasteiger partial charge in [-0.1, -0.05) is 13.0 Å². The summed E-state index contributed by atoms with van der Waals surface area (Å²) < 4.78 is 10.3. The van der Waals surface area contributed by atoms with Crippen LogP contribution in [0.3, 0.4) is 0 Å². The largest absolute Gasteiger partial charge is 0.310 e. The molecule has 0 aromatic heterocycles. The van der Waals surface area contributed by atoms with Crippen molar-refractivity contribution in [3.8, 4) is 0 Å². The number of hydrogen-bond acceptors (Lipinski definition) is 2. The second-order valence-corrected chi connectivity index (χ2v) is 2.99. The predicted molar refractivity (Wildman–Crippen MR) is 37.3 cm³/mol. The molecule has 2 aliphatic rings. The zero-order valence-corrected chi connectivity index (χ0v) is 6.17. The molecule has 0 N–H and O–H groups in total. The molecular weight excluding hydrogens is 128 g/mol. The summed E-state index contributed by atoms with van der Waals surface area (Å²) in [4.78, 5) is 0. The maximum atomic E-state index is 5.16. The molecule has 2 saturated heterocycles. The highest BCUT2D eigenvalue weighted by Gasteiger charge is 2.76.